The molecular weight excluding hydrogens is 221 g/mol. The van der Waals surface area contributed by atoms with Gasteiger partial charge in [0.25, 0.3) is 0 Å². The molecule has 92 valence electrons. The van der Waals surface area contributed by atoms with Crippen LogP contribution in [0.15, 0.2) is 24.3 Å². The van der Waals surface area contributed by atoms with Crippen molar-refractivity contribution in [3.8, 4) is 0 Å². The first kappa shape index (κ1) is 12.0. The van der Waals surface area contributed by atoms with Gasteiger partial charge in [0.05, 0.1) is 0 Å². The lowest BCUT2D eigenvalue weighted by molar-refractivity contribution is -0.144. The molecule has 0 amide bonds. The molecule has 17 heavy (non-hydrogen) atoms. The van der Waals surface area contributed by atoms with Gasteiger partial charge in [-0.25, -0.2) is 4.39 Å². The molecular formula is C13H16FNO2. The zero-order valence-electron chi connectivity index (χ0n) is 9.60. The lowest BCUT2D eigenvalue weighted by Gasteiger charge is -2.32. The quantitative estimate of drug-likeness (QED) is 0.876. The summed E-state index contributed by atoms with van der Waals surface area (Å²) in [6.07, 6.45) is 2.71. The normalized spacial score (nSPS) is 21.4. The maximum atomic E-state index is 12.8. The number of piperidine rings is 1. The average Bonchev–Trinajstić information content (AvgIpc) is 2.32. The molecule has 0 bridgehead atoms. The summed E-state index contributed by atoms with van der Waals surface area (Å²) in [5, 5.41) is 9.13. The Morgan fingerprint density at radius 1 is 1.35 bits per heavy atom. The largest absolute Gasteiger partial charge is 0.480 e. The minimum atomic E-state index is -0.758. The van der Waals surface area contributed by atoms with Gasteiger partial charge in [0.2, 0.25) is 0 Å². The van der Waals surface area contributed by atoms with E-state index in [1.54, 1.807) is 12.1 Å². The summed E-state index contributed by atoms with van der Waals surface area (Å²) in [7, 11) is 0. The fourth-order valence-electron chi connectivity index (χ4n) is 2.28. The van der Waals surface area contributed by atoms with Crippen LogP contribution >= 0.6 is 0 Å². The van der Waals surface area contributed by atoms with Crippen LogP contribution in [0.25, 0.3) is 0 Å². The van der Waals surface area contributed by atoms with Gasteiger partial charge in [0.1, 0.15) is 11.9 Å². The molecule has 1 N–H and O–H groups in total. The molecule has 1 aliphatic heterocycles. The van der Waals surface area contributed by atoms with Crippen molar-refractivity contribution in [1.82, 2.24) is 4.90 Å². The number of benzene rings is 1. The number of carboxylic acid groups (broad SMARTS) is 1. The standard InChI is InChI=1S/C13H16FNO2/c14-11-6-4-10(5-7-11)9-15-8-2-1-3-12(15)13(16)17/h4-7,12H,1-3,8-9H2,(H,16,17). The topological polar surface area (TPSA) is 40.5 Å². The highest BCUT2D eigenvalue weighted by Gasteiger charge is 2.27. The van der Waals surface area contributed by atoms with Crippen molar-refractivity contribution in [2.45, 2.75) is 31.8 Å². The Balaban J connectivity index is 2.05. The summed E-state index contributed by atoms with van der Waals surface area (Å²) in [4.78, 5) is 13.1. The Morgan fingerprint density at radius 2 is 2.06 bits per heavy atom. The minimum absolute atomic E-state index is 0.262. The first-order valence-corrected chi connectivity index (χ1v) is 5.88. The second-order valence-corrected chi connectivity index (χ2v) is 4.45. The van der Waals surface area contributed by atoms with Gasteiger partial charge in [0, 0.05) is 6.54 Å². The minimum Gasteiger partial charge on any atom is -0.480 e. The van der Waals surface area contributed by atoms with Gasteiger partial charge in [0.15, 0.2) is 0 Å². The van der Waals surface area contributed by atoms with E-state index in [0.29, 0.717) is 13.0 Å². The molecule has 0 saturated carbocycles. The highest BCUT2D eigenvalue weighted by molar-refractivity contribution is 5.73. The van der Waals surface area contributed by atoms with Gasteiger partial charge in [-0.3, -0.25) is 9.69 Å². The number of rotatable bonds is 3. The summed E-state index contributed by atoms with van der Waals surface area (Å²) in [5.74, 6) is -1.02. The van der Waals surface area contributed by atoms with Gasteiger partial charge >= 0.3 is 5.97 Å². The summed E-state index contributed by atoms with van der Waals surface area (Å²) in [6, 6.07) is 5.85. The number of halogens is 1. The van der Waals surface area contributed by atoms with E-state index in [0.717, 1.165) is 24.9 Å². The summed E-state index contributed by atoms with van der Waals surface area (Å²) in [5.41, 5.74) is 0.958. The zero-order valence-corrected chi connectivity index (χ0v) is 9.60. The van der Waals surface area contributed by atoms with Gasteiger partial charge in [-0.05, 0) is 37.1 Å². The molecule has 1 atom stereocenters. The number of hydrogen-bond acceptors (Lipinski definition) is 2. The lowest BCUT2D eigenvalue weighted by Crippen LogP contribution is -2.43. The first-order valence-electron chi connectivity index (χ1n) is 5.88. The van der Waals surface area contributed by atoms with Gasteiger partial charge in [-0.1, -0.05) is 18.6 Å². The van der Waals surface area contributed by atoms with Gasteiger partial charge < -0.3 is 5.11 Å². The molecule has 1 unspecified atom stereocenters. The Bertz CT molecular complexity index is 391. The molecule has 0 radical (unpaired) electrons. The van der Waals surface area contributed by atoms with Gasteiger partial charge in [-0.2, -0.15) is 0 Å². The predicted octanol–water partition coefficient (Wildman–Crippen LogP) is 2.26. The Morgan fingerprint density at radius 3 is 2.71 bits per heavy atom. The summed E-state index contributed by atoms with van der Waals surface area (Å²) in [6.45, 7) is 1.38. The van der Waals surface area contributed by atoms with Crippen molar-refractivity contribution in [3.63, 3.8) is 0 Å². The monoisotopic (exact) mass is 237 g/mol. The Labute approximate surface area is 99.9 Å². The SMILES string of the molecule is O=C(O)C1CCCCN1Cc1ccc(F)cc1. The molecule has 1 aliphatic rings. The van der Waals surface area contributed by atoms with Crippen LogP contribution in [-0.4, -0.2) is 28.6 Å². The third-order valence-corrected chi connectivity index (χ3v) is 3.20. The van der Waals surface area contributed by atoms with Crippen LogP contribution < -0.4 is 0 Å². The van der Waals surface area contributed by atoms with E-state index in [-0.39, 0.29) is 5.82 Å². The molecule has 1 heterocycles. The third-order valence-electron chi connectivity index (χ3n) is 3.20. The molecule has 0 spiro atoms. The second kappa shape index (κ2) is 5.27. The van der Waals surface area contributed by atoms with E-state index in [9.17, 15) is 9.18 Å². The van der Waals surface area contributed by atoms with Crippen molar-refractivity contribution in [2.24, 2.45) is 0 Å². The smallest absolute Gasteiger partial charge is 0.320 e. The maximum absolute atomic E-state index is 12.8. The van der Waals surface area contributed by atoms with E-state index in [2.05, 4.69) is 0 Å². The van der Waals surface area contributed by atoms with Crippen LogP contribution in [0.5, 0.6) is 0 Å². The van der Waals surface area contributed by atoms with Gasteiger partial charge in [-0.15, -0.1) is 0 Å². The first-order chi connectivity index (χ1) is 8.16. The highest BCUT2D eigenvalue weighted by Crippen LogP contribution is 2.19. The van der Waals surface area contributed by atoms with Crippen LogP contribution in [-0.2, 0) is 11.3 Å². The molecule has 3 nitrogen and oxygen atoms in total. The predicted molar refractivity (Wildman–Crippen MR) is 62.1 cm³/mol. The molecule has 0 aliphatic carbocycles. The molecule has 1 saturated heterocycles. The Hall–Kier alpha value is -1.42. The fraction of sp³-hybridized carbons (Fsp3) is 0.462. The molecule has 4 heteroatoms. The van der Waals surface area contributed by atoms with Crippen molar-refractivity contribution in [1.29, 1.82) is 0 Å². The highest BCUT2D eigenvalue weighted by atomic mass is 19.1. The summed E-state index contributed by atoms with van der Waals surface area (Å²) < 4.78 is 12.8. The van der Waals surface area contributed by atoms with Crippen molar-refractivity contribution < 1.29 is 14.3 Å². The van der Waals surface area contributed by atoms with Crippen LogP contribution in [0.4, 0.5) is 4.39 Å². The third kappa shape index (κ3) is 3.03. The average molecular weight is 237 g/mol. The second-order valence-electron chi connectivity index (χ2n) is 4.45. The number of nitrogens with zero attached hydrogens (tertiary/aromatic N) is 1. The molecule has 1 aromatic carbocycles. The van der Waals surface area contributed by atoms with E-state index < -0.39 is 12.0 Å². The number of hydrogen-bond donors (Lipinski definition) is 1. The number of likely N-dealkylation sites (tertiary alicyclic amines) is 1. The Kier molecular flexibility index (Phi) is 3.74. The number of carboxylic acids is 1. The van der Waals surface area contributed by atoms with E-state index >= 15 is 0 Å². The molecule has 0 aromatic heterocycles. The van der Waals surface area contributed by atoms with E-state index in [4.69, 9.17) is 5.11 Å². The van der Waals surface area contributed by atoms with Crippen LogP contribution in [0.2, 0.25) is 0 Å². The van der Waals surface area contributed by atoms with E-state index in [1.165, 1.54) is 12.1 Å². The van der Waals surface area contributed by atoms with Crippen molar-refractivity contribution in [3.05, 3.63) is 35.6 Å². The van der Waals surface area contributed by atoms with Crippen LogP contribution in [0.1, 0.15) is 24.8 Å². The molecule has 1 aromatic rings. The van der Waals surface area contributed by atoms with Crippen LogP contribution in [0, 0.1) is 5.82 Å². The van der Waals surface area contributed by atoms with Crippen molar-refractivity contribution in [2.75, 3.05) is 6.54 Å². The number of aliphatic carboxylic acids is 1. The lowest BCUT2D eigenvalue weighted by atomic mass is 10.0. The van der Waals surface area contributed by atoms with E-state index in [1.807, 2.05) is 4.90 Å². The maximum Gasteiger partial charge on any atom is 0.320 e. The van der Waals surface area contributed by atoms with Crippen molar-refractivity contribution >= 4 is 5.97 Å². The van der Waals surface area contributed by atoms with Crippen LogP contribution in [0.3, 0.4) is 0 Å². The summed E-state index contributed by atoms with van der Waals surface area (Å²) >= 11 is 0. The fourth-order valence-corrected chi connectivity index (χ4v) is 2.28. The molecule has 1 fully saturated rings. The molecule has 2 rings (SSSR count). The number of carbonyl (C=O) groups is 1. The zero-order chi connectivity index (χ0) is 12.3.